The van der Waals surface area contributed by atoms with Crippen LogP contribution in [0.25, 0.3) is 0 Å². The highest BCUT2D eigenvalue weighted by molar-refractivity contribution is 7.98. The fraction of sp³-hybridized carbons (Fsp3) is 0.444. The summed E-state index contributed by atoms with van der Waals surface area (Å²) in [4.78, 5) is 8.85. The minimum Gasteiger partial charge on any atom is -0.395 e. The first-order valence-corrected chi connectivity index (χ1v) is 10.9. The van der Waals surface area contributed by atoms with Gasteiger partial charge in [0.25, 0.3) is 0 Å². The Labute approximate surface area is 171 Å². The van der Waals surface area contributed by atoms with Gasteiger partial charge < -0.3 is 15.1 Å². The molecule has 28 heavy (non-hydrogen) atoms. The van der Waals surface area contributed by atoms with Crippen LogP contribution in [-0.4, -0.2) is 45.6 Å². The van der Waals surface area contributed by atoms with Crippen molar-refractivity contribution in [3.05, 3.63) is 41.5 Å². The van der Waals surface area contributed by atoms with Crippen molar-refractivity contribution in [2.75, 3.05) is 36.3 Å². The van der Waals surface area contributed by atoms with Crippen LogP contribution < -0.4 is 10.0 Å². The summed E-state index contributed by atoms with van der Waals surface area (Å²) in [6, 6.07) is 5.89. The third-order valence-corrected chi connectivity index (χ3v) is 5.93. The molecule has 0 unspecified atom stereocenters. The van der Waals surface area contributed by atoms with Crippen molar-refractivity contribution in [3.63, 3.8) is 0 Å². The highest BCUT2D eigenvalue weighted by Crippen LogP contribution is 2.27. The average molecular weight is 428 g/mol. The lowest BCUT2D eigenvalue weighted by molar-refractivity contribution is 0.311. The van der Waals surface area contributed by atoms with Crippen molar-refractivity contribution in [1.82, 2.24) is 14.3 Å². The van der Waals surface area contributed by atoms with Crippen LogP contribution in [0.2, 0.25) is 0 Å². The Morgan fingerprint density at radius 1 is 1.11 bits per heavy atom. The van der Waals surface area contributed by atoms with Crippen LogP contribution in [-0.2, 0) is 5.75 Å². The number of benzene rings is 1. The lowest BCUT2D eigenvalue weighted by Crippen LogP contribution is -2.24. The van der Waals surface area contributed by atoms with E-state index in [0.29, 0.717) is 23.3 Å². The van der Waals surface area contributed by atoms with Crippen molar-refractivity contribution >= 4 is 35.5 Å². The number of aliphatic hydroxyl groups is 1. The molecular weight excluding hydrogens is 404 g/mol. The third-order valence-electron chi connectivity index (χ3n) is 4.11. The van der Waals surface area contributed by atoms with E-state index in [0.717, 1.165) is 19.2 Å². The Kier molecular flexibility index (Phi) is 8.13. The Bertz CT molecular complexity index is 778. The number of thioether (sulfide) groups is 1. The minimum atomic E-state index is -0.863. The van der Waals surface area contributed by atoms with E-state index < -0.39 is 11.6 Å². The molecule has 1 aliphatic heterocycles. The molecule has 3 N–H and O–H groups in total. The topological polar surface area (TPSA) is 73.3 Å². The molecule has 0 spiro atoms. The molecule has 0 amide bonds. The highest BCUT2D eigenvalue weighted by atomic mass is 32.2. The van der Waals surface area contributed by atoms with E-state index in [4.69, 9.17) is 5.11 Å². The zero-order valence-corrected chi connectivity index (χ0v) is 17.0. The first kappa shape index (κ1) is 21.1. The maximum Gasteiger partial charge on any atom is 0.191 e. The van der Waals surface area contributed by atoms with Gasteiger partial charge in [0.15, 0.2) is 16.8 Å². The van der Waals surface area contributed by atoms with Gasteiger partial charge in [0, 0.05) is 49.2 Å². The summed E-state index contributed by atoms with van der Waals surface area (Å²) in [6.07, 6.45) is 3.63. The van der Waals surface area contributed by atoms with Crippen LogP contribution in [0.4, 0.5) is 20.4 Å². The molecule has 0 radical (unpaired) electrons. The number of aromatic nitrogens is 2. The standard InChI is InChI=1S/C18H23F2N5OS2/c19-14-6-4-5-13(17(14)20)12-27-18-22-15(21-7-10-26)11-16(23-18)24-28-25-8-2-1-3-9-25/h4-6,11,26H,1-3,7-10,12H2,(H2,21,22,23,24). The summed E-state index contributed by atoms with van der Waals surface area (Å²) < 4.78 is 32.7. The van der Waals surface area contributed by atoms with Gasteiger partial charge in [-0.2, -0.15) is 0 Å². The van der Waals surface area contributed by atoms with Crippen LogP contribution >= 0.6 is 23.9 Å². The van der Waals surface area contributed by atoms with E-state index in [-0.39, 0.29) is 17.9 Å². The second-order valence-corrected chi connectivity index (χ2v) is 8.10. The summed E-state index contributed by atoms with van der Waals surface area (Å²) in [5.41, 5.74) is 0.263. The molecule has 1 aromatic carbocycles. The predicted octanol–water partition coefficient (Wildman–Crippen LogP) is 3.91. The molecule has 2 aromatic rings. The number of hydrogen-bond donors (Lipinski definition) is 3. The Morgan fingerprint density at radius 3 is 2.68 bits per heavy atom. The molecule has 6 nitrogen and oxygen atoms in total. The molecule has 3 rings (SSSR count). The minimum absolute atomic E-state index is 0.0216. The lowest BCUT2D eigenvalue weighted by Gasteiger charge is -2.24. The van der Waals surface area contributed by atoms with E-state index in [1.165, 1.54) is 49.2 Å². The van der Waals surface area contributed by atoms with Crippen molar-refractivity contribution in [3.8, 4) is 0 Å². The first-order valence-electron chi connectivity index (χ1n) is 9.13. The third kappa shape index (κ3) is 6.20. The van der Waals surface area contributed by atoms with Gasteiger partial charge in [0.05, 0.1) is 6.61 Å². The number of hydrogen-bond acceptors (Lipinski definition) is 8. The van der Waals surface area contributed by atoms with E-state index in [9.17, 15) is 8.78 Å². The second-order valence-electron chi connectivity index (χ2n) is 6.26. The van der Waals surface area contributed by atoms with Crippen LogP contribution in [0, 0.1) is 11.6 Å². The van der Waals surface area contributed by atoms with Gasteiger partial charge in [-0.15, -0.1) is 0 Å². The van der Waals surface area contributed by atoms with Crippen molar-refractivity contribution in [2.45, 2.75) is 30.2 Å². The van der Waals surface area contributed by atoms with Crippen molar-refractivity contribution < 1.29 is 13.9 Å². The quantitative estimate of drug-likeness (QED) is 0.316. The summed E-state index contributed by atoms with van der Waals surface area (Å²) in [5, 5.41) is 12.5. The number of anilines is 2. The molecule has 2 heterocycles. The molecule has 0 saturated carbocycles. The fourth-order valence-corrected chi connectivity index (χ4v) is 4.29. The van der Waals surface area contributed by atoms with Gasteiger partial charge in [-0.1, -0.05) is 30.3 Å². The fourth-order valence-electron chi connectivity index (χ4n) is 2.69. The summed E-state index contributed by atoms with van der Waals surface area (Å²) in [6.45, 7) is 2.39. The second kappa shape index (κ2) is 10.8. The molecule has 1 fully saturated rings. The molecule has 10 heteroatoms. The molecule has 0 atom stereocenters. The van der Waals surface area contributed by atoms with Crippen LogP contribution in [0.3, 0.4) is 0 Å². The smallest absolute Gasteiger partial charge is 0.191 e. The summed E-state index contributed by atoms with van der Waals surface area (Å²) >= 11 is 2.73. The number of halogens is 2. The number of nitrogens with one attached hydrogen (secondary N) is 2. The van der Waals surface area contributed by atoms with Gasteiger partial charge in [-0.3, -0.25) is 0 Å². The predicted molar refractivity (Wildman–Crippen MR) is 110 cm³/mol. The van der Waals surface area contributed by atoms with Gasteiger partial charge in [0.2, 0.25) is 0 Å². The van der Waals surface area contributed by atoms with E-state index in [2.05, 4.69) is 24.3 Å². The van der Waals surface area contributed by atoms with Crippen molar-refractivity contribution in [2.24, 2.45) is 0 Å². The monoisotopic (exact) mass is 427 g/mol. The first-order chi connectivity index (χ1) is 13.7. The SMILES string of the molecule is OCCNc1cc(NSN2CCCCC2)nc(SCc2cccc(F)c2F)n1. The molecule has 1 aromatic heterocycles. The average Bonchev–Trinajstić information content (AvgIpc) is 2.72. The van der Waals surface area contributed by atoms with Crippen molar-refractivity contribution in [1.29, 1.82) is 0 Å². The van der Waals surface area contributed by atoms with Crippen LogP contribution in [0.15, 0.2) is 29.4 Å². The largest absolute Gasteiger partial charge is 0.395 e. The molecule has 0 aliphatic carbocycles. The number of aliphatic hydroxyl groups excluding tert-OH is 1. The Balaban J connectivity index is 1.68. The van der Waals surface area contributed by atoms with E-state index in [1.54, 1.807) is 12.1 Å². The molecule has 1 aliphatic rings. The molecule has 0 bridgehead atoms. The lowest BCUT2D eigenvalue weighted by atomic mass is 10.2. The zero-order valence-electron chi connectivity index (χ0n) is 15.3. The zero-order chi connectivity index (χ0) is 19.8. The number of nitrogens with zero attached hydrogens (tertiary/aromatic N) is 3. The molecular formula is C18H23F2N5OS2. The maximum absolute atomic E-state index is 13.9. The molecule has 152 valence electrons. The van der Waals surface area contributed by atoms with E-state index in [1.807, 2.05) is 0 Å². The van der Waals surface area contributed by atoms with Gasteiger partial charge >= 0.3 is 0 Å². The number of rotatable bonds is 9. The van der Waals surface area contributed by atoms with Crippen LogP contribution in [0.5, 0.6) is 0 Å². The van der Waals surface area contributed by atoms with Gasteiger partial charge in [-0.25, -0.2) is 23.1 Å². The van der Waals surface area contributed by atoms with Gasteiger partial charge in [0.1, 0.15) is 11.6 Å². The highest BCUT2D eigenvalue weighted by Gasteiger charge is 2.13. The van der Waals surface area contributed by atoms with Gasteiger partial charge in [-0.05, 0) is 18.9 Å². The summed E-state index contributed by atoms with van der Waals surface area (Å²) in [5.74, 6) is -0.311. The normalized spacial score (nSPS) is 14.8. The summed E-state index contributed by atoms with van der Waals surface area (Å²) in [7, 11) is 0. The maximum atomic E-state index is 13.9. The van der Waals surface area contributed by atoms with E-state index >= 15 is 0 Å². The Morgan fingerprint density at radius 2 is 1.89 bits per heavy atom. The Hall–Kier alpha value is -1.62. The number of piperidine rings is 1. The molecule has 1 saturated heterocycles. The van der Waals surface area contributed by atoms with Crippen LogP contribution in [0.1, 0.15) is 24.8 Å².